The summed E-state index contributed by atoms with van der Waals surface area (Å²) in [7, 11) is 3.31. The molecular formula is C24H38N4O4. The van der Waals surface area contributed by atoms with Crippen molar-refractivity contribution < 1.29 is 19.1 Å². The summed E-state index contributed by atoms with van der Waals surface area (Å²) in [4.78, 5) is 31.6. The largest absolute Gasteiger partial charge is 0.497 e. The van der Waals surface area contributed by atoms with Gasteiger partial charge in [-0.2, -0.15) is 0 Å². The smallest absolute Gasteiger partial charge is 0.225 e. The van der Waals surface area contributed by atoms with Crippen molar-refractivity contribution in [2.45, 2.75) is 32.2 Å². The third-order valence-corrected chi connectivity index (χ3v) is 6.70. The number of methoxy groups -OCH3 is 2. The second-order valence-electron chi connectivity index (χ2n) is 8.64. The van der Waals surface area contributed by atoms with E-state index < -0.39 is 0 Å². The van der Waals surface area contributed by atoms with E-state index in [1.54, 1.807) is 19.1 Å². The van der Waals surface area contributed by atoms with Gasteiger partial charge in [0.05, 0.1) is 19.6 Å². The van der Waals surface area contributed by atoms with Crippen LogP contribution in [-0.4, -0.2) is 94.3 Å². The Kier molecular flexibility index (Phi) is 9.17. The summed E-state index contributed by atoms with van der Waals surface area (Å²) in [5.41, 5.74) is 1.23. The lowest BCUT2D eigenvalue weighted by Crippen LogP contribution is -2.52. The van der Waals surface area contributed by atoms with E-state index in [-0.39, 0.29) is 23.8 Å². The fourth-order valence-corrected chi connectivity index (χ4v) is 4.64. The molecule has 178 valence electrons. The first-order valence-electron chi connectivity index (χ1n) is 11.7. The van der Waals surface area contributed by atoms with E-state index in [1.807, 2.05) is 19.1 Å². The van der Waals surface area contributed by atoms with Crippen molar-refractivity contribution in [3.8, 4) is 5.75 Å². The van der Waals surface area contributed by atoms with Gasteiger partial charge in [0.25, 0.3) is 0 Å². The summed E-state index contributed by atoms with van der Waals surface area (Å²) in [6, 6.07) is 8.15. The average Bonchev–Trinajstić information content (AvgIpc) is 2.82. The Morgan fingerprint density at radius 1 is 1.09 bits per heavy atom. The lowest BCUT2D eigenvalue weighted by molar-refractivity contribution is -0.143. The molecule has 2 saturated heterocycles. The molecule has 8 nitrogen and oxygen atoms in total. The number of amides is 2. The molecule has 2 fully saturated rings. The minimum absolute atomic E-state index is 0.0664. The van der Waals surface area contributed by atoms with Gasteiger partial charge in [0.1, 0.15) is 5.75 Å². The van der Waals surface area contributed by atoms with Crippen LogP contribution in [-0.2, 0) is 14.3 Å². The van der Waals surface area contributed by atoms with Crippen LogP contribution in [0.5, 0.6) is 5.75 Å². The highest BCUT2D eigenvalue weighted by Gasteiger charge is 2.36. The normalized spacial score (nSPS) is 22.2. The number of carbonyl (C=O) groups is 2. The first kappa shape index (κ1) is 24.3. The quantitative estimate of drug-likeness (QED) is 0.551. The van der Waals surface area contributed by atoms with Gasteiger partial charge in [-0.1, -0.05) is 0 Å². The molecule has 2 atom stereocenters. The van der Waals surface area contributed by atoms with Gasteiger partial charge in [-0.15, -0.1) is 0 Å². The molecule has 1 aromatic carbocycles. The van der Waals surface area contributed by atoms with Crippen LogP contribution in [0.3, 0.4) is 0 Å². The maximum Gasteiger partial charge on any atom is 0.225 e. The number of piperidine rings is 1. The minimum Gasteiger partial charge on any atom is -0.497 e. The minimum atomic E-state index is -0.141. The number of rotatable bonds is 10. The molecule has 0 aliphatic carbocycles. The van der Waals surface area contributed by atoms with Crippen LogP contribution >= 0.6 is 0 Å². The Bertz CT molecular complexity index is 734. The number of ether oxygens (including phenoxy) is 2. The van der Waals surface area contributed by atoms with E-state index >= 15 is 0 Å². The van der Waals surface area contributed by atoms with Crippen molar-refractivity contribution in [2.24, 2.45) is 5.92 Å². The number of hydrogen-bond donors (Lipinski definition) is 1. The Labute approximate surface area is 191 Å². The van der Waals surface area contributed by atoms with E-state index in [0.29, 0.717) is 32.5 Å². The third kappa shape index (κ3) is 6.36. The number of carbonyl (C=O) groups excluding carboxylic acids is 2. The van der Waals surface area contributed by atoms with Crippen molar-refractivity contribution in [1.29, 1.82) is 0 Å². The first-order valence-corrected chi connectivity index (χ1v) is 11.7. The molecule has 2 aliphatic heterocycles. The van der Waals surface area contributed by atoms with Crippen molar-refractivity contribution >= 4 is 17.5 Å². The molecule has 0 unspecified atom stereocenters. The highest BCUT2D eigenvalue weighted by molar-refractivity contribution is 5.84. The monoisotopic (exact) mass is 446 g/mol. The van der Waals surface area contributed by atoms with E-state index in [2.05, 4.69) is 27.2 Å². The van der Waals surface area contributed by atoms with E-state index in [1.165, 1.54) is 5.69 Å². The molecule has 0 saturated carbocycles. The summed E-state index contributed by atoms with van der Waals surface area (Å²) in [5, 5.41) is 3.10. The van der Waals surface area contributed by atoms with Crippen molar-refractivity contribution in [3.63, 3.8) is 0 Å². The summed E-state index contributed by atoms with van der Waals surface area (Å²) in [5.74, 6) is 0.924. The number of anilines is 1. The molecule has 0 aromatic heterocycles. The summed E-state index contributed by atoms with van der Waals surface area (Å²) in [6.45, 7) is 8.72. The summed E-state index contributed by atoms with van der Waals surface area (Å²) < 4.78 is 10.3. The standard InChI is InChI=1S/C24H38N4O4/c1-19-22(9-10-23(29)28(19)17-18-31-2)24(30)25-11-4-12-26-13-15-27(16-14-26)20-5-7-21(32-3)8-6-20/h5-8,19,22H,4,9-18H2,1-3H3,(H,25,30)/t19-,22-/m1/s1. The summed E-state index contributed by atoms with van der Waals surface area (Å²) in [6.07, 6.45) is 1.99. The number of benzene rings is 1. The van der Waals surface area contributed by atoms with Gasteiger partial charge < -0.3 is 24.6 Å². The highest BCUT2D eigenvalue weighted by Crippen LogP contribution is 2.24. The van der Waals surface area contributed by atoms with Crippen LogP contribution in [0.25, 0.3) is 0 Å². The highest BCUT2D eigenvalue weighted by atomic mass is 16.5. The van der Waals surface area contributed by atoms with E-state index in [9.17, 15) is 9.59 Å². The van der Waals surface area contributed by atoms with Gasteiger partial charge in [-0.05, 0) is 50.6 Å². The molecule has 0 spiro atoms. The van der Waals surface area contributed by atoms with Crippen LogP contribution < -0.4 is 15.0 Å². The topological polar surface area (TPSA) is 74.4 Å². The molecule has 3 rings (SSSR count). The van der Waals surface area contributed by atoms with Crippen LogP contribution in [0.4, 0.5) is 5.69 Å². The van der Waals surface area contributed by atoms with E-state index in [0.717, 1.165) is 44.9 Å². The molecule has 0 bridgehead atoms. The predicted molar refractivity (Wildman–Crippen MR) is 125 cm³/mol. The van der Waals surface area contributed by atoms with E-state index in [4.69, 9.17) is 9.47 Å². The lowest BCUT2D eigenvalue weighted by atomic mass is 9.89. The summed E-state index contributed by atoms with van der Waals surface area (Å²) >= 11 is 0. The number of piperazine rings is 1. The van der Waals surface area contributed by atoms with Gasteiger partial charge in [0, 0.05) is 64.5 Å². The first-order chi connectivity index (χ1) is 15.5. The zero-order chi connectivity index (χ0) is 22.9. The van der Waals surface area contributed by atoms with Crippen LogP contribution in [0.2, 0.25) is 0 Å². The van der Waals surface area contributed by atoms with Crippen molar-refractivity contribution in [3.05, 3.63) is 24.3 Å². The molecule has 2 aliphatic rings. The van der Waals surface area contributed by atoms with Gasteiger partial charge >= 0.3 is 0 Å². The Balaban J connectivity index is 1.34. The lowest BCUT2D eigenvalue weighted by Gasteiger charge is -2.38. The maximum atomic E-state index is 12.7. The fraction of sp³-hybridized carbons (Fsp3) is 0.667. The van der Waals surface area contributed by atoms with Gasteiger partial charge in [0.2, 0.25) is 11.8 Å². The molecule has 2 amide bonds. The molecule has 1 aromatic rings. The number of hydrogen-bond acceptors (Lipinski definition) is 6. The van der Waals surface area contributed by atoms with Gasteiger partial charge in [0.15, 0.2) is 0 Å². The SMILES string of the molecule is COCCN1C(=O)CC[C@@H](C(=O)NCCCN2CCN(c3ccc(OC)cc3)CC2)[C@H]1C. The molecule has 2 heterocycles. The Hall–Kier alpha value is -2.32. The number of nitrogens with zero attached hydrogens (tertiary/aromatic N) is 3. The second-order valence-corrected chi connectivity index (χ2v) is 8.64. The molecular weight excluding hydrogens is 408 g/mol. The Morgan fingerprint density at radius 3 is 2.47 bits per heavy atom. The van der Waals surface area contributed by atoms with Crippen molar-refractivity contribution in [1.82, 2.24) is 15.1 Å². The zero-order valence-corrected chi connectivity index (χ0v) is 19.7. The second kappa shape index (κ2) is 12.1. The predicted octanol–water partition coefficient (Wildman–Crippen LogP) is 1.60. The van der Waals surface area contributed by atoms with Gasteiger partial charge in [-0.25, -0.2) is 0 Å². The van der Waals surface area contributed by atoms with Gasteiger partial charge in [-0.3, -0.25) is 14.5 Å². The number of likely N-dealkylation sites (tertiary alicyclic amines) is 1. The van der Waals surface area contributed by atoms with Crippen LogP contribution in [0.1, 0.15) is 26.2 Å². The molecule has 1 N–H and O–H groups in total. The molecule has 8 heteroatoms. The van der Waals surface area contributed by atoms with Crippen molar-refractivity contribution in [2.75, 3.05) is 71.5 Å². The third-order valence-electron chi connectivity index (χ3n) is 6.70. The number of nitrogens with one attached hydrogen (secondary N) is 1. The fourth-order valence-electron chi connectivity index (χ4n) is 4.64. The Morgan fingerprint density at radius 2 is 1.81 bits per heavy atom. The van der Waals surface area contributed by atoms with Crippen LogP contribution in [0.15, 0.2) is 24.3 Å². The average molecular weight is 447 g/mol. The maximum absolute atomic E-state index is 12.7. The molecule has 0 radical (unpaired) electrons. The molecule has 32 heavy (non-hydrogen) atoms. The zero-order valence-electron chi connectivity index (χ0n) is 19.7. The van der Waals surface area contributed by atoms with Crippen LogP contribution in [0, 0.1) is 5.92 Å².